The molecule has 0 saturated carbocycles. The van der Waals surface area contributed by atoms with Crippen LogP contribution in [0.1, 0.15) is 30.5 Å². The van der Waals surface area contributed by atoms with Gasteiger partial charge in [-0.25, -0.2) is 9.59 Å². The van der Waals surface area contributed by atoms with Crippen molar-refractivity contribution in [1.82, 2.24) is 15.5 Å². The number of furan rings is 1. The SMILES string of the molecule is CCOC(=O)C1=C(CN(CC)Cc2ccc(Cl)s2)NC(=O)N[C@H]1c1ccco1. The fourth-order valence-corrected chi connectivity index (χ4v) is 4.15. The van der Waals surface area contributed by atoms with Crippen molar-refractivity contribution in [3.05, 3.63) is 56.8 Å². The van der Waals surface area contributed by atoms with Gasteiger partial charge in [-0.05, 0) is 37.7 Å². The first kappa shape index (κ1) is 20.4. The Kier molecular flexibility index (Phi) is 6.77. The van der Waals surface area contributed by atoms with E-state index in [-0.39, 0.29) is 12.6 Å². The van der Waals surface area contributed by atoms with Crippen LogP contribution in [0, 0.1) is 0 Å². The number of esters is 1. The molecule has 0 aromatic carbocycles. The van der Waals surface area contributed by atoms with Crippen LogP contribution >= 0.6 is 22.9 Å². The van der Waals surface area contributed by atoms with Crippen LogP contribution < -0.4 is 10.6 Å². The minimum Gasteiger partial charge on any atom is -0.467 e. The van der Waals surface area contributed by atoms with Crippen molar-refractivity contribution in [2.75, 3.05) is 19.7 Å². The summed E-state index contributed by atoms with van der Waals surface area (Å²) in [5, 5.41) is 5.52. The number of nitrogens with zero attached hydrogens (tertiary/aromatic N) is 1. The van der Waals surface area contributed by atoms with Gasteiger partial charge in [0.05, 0.1) is 22.8 Å². The molecule has 0 unspecified atom stereocenters. The maximum atomic E-state index is 12.7. The van der Waals surface area contributed by atoms with Crippen LogP contribution in [0.15, 0.2) is 46.2 Å². The predicted molar refractivity (Wildman–Crippen MR) is 107 cm³/mol. The number of thiophene rings is 1. The van der Waals surface area contributed by atoms with E-state index in [1.165, 1.54) is 17.6 Å². The highest BCUT2D eigenvalue weighted by Crippen LogP contribution is 2.29. The van der Waals surface area contributed by atoms with E-state index in [0.29, 0.717) is 30.1 Å². The Hall–Kier alpha value is -2.29. The number of hydrogen-bond donors (Lipinski definition) is 2. The van der Waals surface area contributed by atoms with E-state index in [4.69, 9.17) is 20.8 Å². The van der Waals surface area contributed by atoms with Crippen molar-refractivity contribution in [3.8, 4) is 0 Å². The highest BCUT2D eigenvalue weighted by Gasteiger charge is 2.35. The van der Waals surface area contributed by atoms with E-state index in [2.05, 4.69) is 15.5 Å². The third-order valence-corrected chi connectivity index (χ3v) is 5.53. The standard InChI is InChI=1S/C19H22ClN3O4S/c1-3-23(10-12-7-8-15(20)28-12)11-13-16(18(24)26-4-2)17(22-19(25)21-13)14-6-5-9-27-14/h5-9,17H,3-4,10-11H2,1-2H3,(H2,21,22,25)/t17-/m0/s1. The number of hydrogen-bond acceptors (Lipinski definition) is 6. The van der Waals surface area contributed by atoms with Gasteiger partial charge in [-0.1, -0.05) is 18.5 Å². The zero-order valence-corrected chi connectivity index (χ0v) is 17.2. The second-order valence-corrected chi connectivity index (χ2v) is 7.97. The van der Waals surface area contributed by atoms with Gasteiger partial charge < -0.3 is 19.8 Å². The Labute approximate surface area is 172 Å². The third kappa shape index (κ3) is 4.76. The van der Waals surface area contributed by atoms with Crippen molar-refractivity contribution < 1.29 is 18.7 Å². The van der Waals surface area contributed by atoms with Gasteiger partial charge in [0.25, 0.3) is 0 Å². The molecular weight excluding hydrogens is 402 g/mol. The first-order valence-corrected chi connectivity index (χ1v) is 10.2. The largest absolute Gasteiger partial charge is 0.467 e. The van der Waals surface area contributed by atoms with Crippen molar-refractivity contribution in [2.45, 2.75) is 26.4 Å². The van der Waals surface area contributed by atoms with Gasteiger partial charge in [0.1, 0.15) is 11.8 Å². The minimum absolute atomic E-state index is 0.236. The Balaban J connectivity index is 1.92. The molecule has 0 radical (unpaired) electrons. The van der Waals surface area contributed by atoms with Crippen molar-refractivity contribution in [2.24, 2.45) is 0 Å². The average Bonchev–Trinajstić information content (AvgIpc) is 3.32. The van der Waals surface area contributed by atoms with Crippen molar-refractivity contribution in [3.63, 3.8) is 0 Å². The zero-order chi connectivity index (χ0) is 20.1. The Morgan fingerprint density at radius 3 is 2.75 bits per heavy atom. The molecule has 0 aliphatic carbocycles. The van der Waals surface area contributed by atoms with E-state index in [1.807, 2.05) is 19.1 Å². The first-order valence-electron chi connectivity index (χ1n) is 8.99. The highest BCUT2D eigenvalue weighted by atomic mass is 35.5. The highest BCUT2D eigenvalue weighted by molar-refractivity contribution is 7.16. The minimum atomic E-state index is -0.701. The molecule has 2 amide bonds. The molecule has 9 heteroatoms. The third-order valence-electron chi connectivity index (χ3n) is 4.31. The first-order chi connectivity index (χ1) is 13.5. The van der Waals surface area contributed by atoms with Crippen LogP contribution in [0.5, 0.6) is 0 Å². The molecule has 2 aromatic heterocycles. The molecule has 1 aliphatic heterocycles. The molecule has 0 fully saturated rings. The Morgan fingerprint density at radius 2 is 2.14 bits per heavy atom. The molecule has 1 atom stereocenters. The molecule has 150 valence electrons. The van der Waals surface area contributed by atoms with E-state index >= 15 is 0 Å². The summed E-state index contributed by atoms with van der Waals surface area (Å²) in [6.45, 7) is 5.76. The molecule has 2 N–H and O–H groups in total. The average molecular weight is 424 g/mol. The number of carbonyl (C=O) groups excluding carboxylic acids is 2. The number of nitrogens with one attached hydrogen (secondary N) is 2. The van der Waals surface area contributed by atoms with E-state index in [9.17, 15) is 9.59 Å². The summed E-state index contributed by atoms with van der Waals surface area (Å²) in [6.07, 6.45) is 1.50. The summed E-state index contributed by atoms with van der Waals surface area (Å²) in [5.41, 5.74) is 0.854. The maximum Gasteiger partial charge on any atom is 0.338 e. The van der Waals surface area contributed by atoms with E-state index in [0.717, 1.165) is 15.8 Å². The number of urea groups is 1. The Bertz CT molecular complexity index is 862. The summed E-state index contributed by atoms with van der Waals surface area (Å²) in [4.78, 5) is 28.2. The maximum absolute atomic E-state index is 12.7. The molecule has 3 heterocycles. The lowest BCUT2D eigenvalue weighted by atomic mass is 10.00. The molecule has 7 nitrogen and oxygen atoms in total. The fourth-order valence-electron chi connectivity index (χ4n) is 3.02. The smallest absolute Gasteiger partial charge is 0.338 e. The number of halogens is 1. The van der Waals surface area contributed by atoms with E-state index in [1.54, 1.807) is 19.1 Å². The lowest BCUT2D eigenvalue weighted by Crippen LogP contribution is -2.48. The molecule has 2 aromatic rings. The van der Waals surface area contributed by atoms with Gasteiger partial charge in [0.15, 0.2) is 0 Å². The zero-order valence-electron chi connectivity index (χ0n) is 15.7. The van der Waals surface area contributed by atoms with Gasteiger partial charge in [0.2, 0.25) is 0 Å². The van der Waals surface area contributed by atoms with Crippen LogP contribution in [-0.4, -0.2) is 36.6 Å². The molecule has 1 aliphatic rings. The van der Waals surface area contributed by atoms with Gasteiger partial charge in [-0.2, -0.15) is 0 Å². The lowest BCUT2D eigenvalue weighted by Gasteiger charge is -2.30. The summed E-state index contributed by atoms with van der Waals surface area (Å²) >= 11 is 7.54. The Morgan fingerprint density at radius 1 is 1.32 bits per heavy atom. The van der Waals surface area contributed by atoms with Gasteiger partial charge in [0, 0.05) is 23.7 Å². The molecular formula is C19H22ClN3O4S. The topological polar surface area (TPSA) is 83.8 Å². The molecule has 0 bridgehead atoms. The molecule has 0 spiro atoms. The summed E-state index contributed by atoms with van der Waals surface area (Å²) in [6, 6.07) is 6.18. The normalized spacial score (nSPS) is 16.9. The van der Waals surface area contributed by atoms with Gasteiger partial charge >= 0.3 is 12.0 Å². The number of ether oxygens (including phenoxy) is 1. The summed E-state index contributed by atoms with van der Waals surface area (Å²) in [7, 11) is 0. The summed E-state index contributed by atoms with van der Waals surface area (Å²) in [5.74, 6) is -0.00916. The second kappa shape index (κ2) is 9.27. The van der Waals surface area contributed by atoms with E-state index < -0.39 is 12.0 Å². The van der Waals surface area contributed by atoms with Crippen LogP contribution in [0.3, 0.4) is 0 Å². The molecule has 3 rings (SSSR count). The molecule has 28 heavy (non-hydrogen) atoms. The second-order valence-electron chi connectivity index (χ2n) is 6.17. The predicted octanol–water partition coefficient (Wildman–Crippen LogP) is 3.69. The lowest BCUT2D eigenvalue weighted by molar-refractivity contribution is -0.139. The fraction of sp³-hybridized carbons (Fsp3) is 0.368. The summed E-state index contributed by atoms with van der Waals surface area (Å²) < 4.78 is 11.4. The van der Waals surface area contributed by atoms with Crippen LogP contribution in [-0.2, 0) is 16.1 Å². The number of rotatable bonds is 8. The monoisotopic (exact) mass is 423 g/mol. The molecule has 0 saturated heterocycles. The quantitative estimate of drug-likeness (QED) is 0.632. The van der Waals surface area contributed by atoms with Crippen molar-refractivity contribution in [1.29, 1.82) is 0 Å². The number of carbonyl (C=O) groups is 2. The van der Waals surface area contributed by atoms with Crippen LogP contribution in [0.25, 0.3) is 0 Å². The van der Waals surface area contributed by atoms with Crippen LogP contribution in [0.2, 0.25) is 4.34 Å². The van der Waals surface area contributed by atoms with Gasteiger partial charge in [-0.3, -0.25) is 4.90 Å². The number of likely N-dealkylation sites (N-methyl/N-ethyl adjacent to an activating group) is 1. The van der Waals surface area contributed by atoms with Crippen LogP contribution in [0.4, 0.5) is 4.79 Å². The number of amides is 2. The van der Waals surface area contributed by atoms with Crippen molar-refractivity contribution >= 4 is 34.9 Å². The van der Waals surface area contributed by atoms with Gasteiger partial charge in [-0.15, -0.1) is 11.3 Å².